The summed E-state index contributed by atoms with van der Waals surface area (Å²) in [6, 6.07) is 12.0. The third kappa shape index (κ3) is 5.94. The van der Waals surface area contributed by atoms with E-state index in [-0.39, 0.29) is 23.1 Å². The van der Waals surface area contributed by atoms with E-state index in [1.807, 2.05) is 31.2 Å². The lowest BCUT2D eigenvalue weighted by atomic mass is 9.97. The van der Waals surface area contributed by atoms with E-state index >= 15 is 0 Å². The second kappa shape index (κ2) is 10.3. The Morgan fingerprint density at radius 2 is 1.86 bits per heavy atom. The van der Waals surface area contributed by atoms with Crippen LogP contribution in [0.2, 0.25) is 0 Å². The lowest BCUT2D eigenvalue weighted by Gasteiger charge is -2.15. The molecule has 2 fully saturated rings. The van der Waals surface area contributed by atoms with Crippen LogP contribution in [0.3, 0.4) is 0 Å². The predicted molar refractivity (Wildman–Crippen MR) is 140 cm³/mol. The van der Waals surface area contributed by atoms with Gasteiger partial charge in [-0.3, -0.25) is 4.79 Å². The average molecular weight is 504 g/mol. The van der Waals surface area contributed by atoms with Gasteiger partial charge >= 0.3 is 6.03 Å². The Labute approximate surface area is 215 Å². The van der Waals surface area contributed by atoms with Crippen molar-refractivity contribution in [1.82, 2.24) is 15.3 Å². The fourth-order valence-electron chi connectivity index (χ4n) is 4.35. The number of aryl methyl sites for hydroxylation is 1. The lowest BCUT2D eigenvalue weighted by Crippen LogP contribution is -2.32. The molecule has 2 aromatic carbocycles. The van der Waals surface area contributed by atoms with Gasteiger partial charge in [0.25, 0.3) is 0 Å². The van der Waals surface area contributed by atoms with Crippen molar-refractivity contribution < 1.29 is 18.7 Å². The molecule has 8 nitrogen and oxygen atoms in total. The van der Waals surface area contributed by atoms with E-state index in [2.05, 4.69) is 25.9 Å². The number of hydrogen-bond donors (Lipinski definition) is 3. The number of halogens is 1. The number of ether oxygens (including phenoxy) is 1. The number of rotatable bonds is 9. The third-order valence-electron chi connectivity index (χ3n) is 7.00. The molecule has 5 rings (SSSR count). The predicted octanol–water partition coefficient (Wildman–Crippen LogP) is 5.30. The molecule has 0 saturated heterocycles. The van der Waals surface area contributed by atoms with Gasteiger partial charge in [-0.05, 0) is 73.9 Å². The topological polar surface area (TPSA) is 105 Å². The summed E-state index contributed by atoms with van der Waals surface area (Å²) >= 11 is 0. The summed E-state index contributed by atoms with van der Waals surface area (Å²) in [6.07, 6.45) is 5.96. The van der Waals surface area contributed by atoms with Gasteiger partial charge in [0.2, 0.25) is 5.91 Å². The van der Waals surface area contributed by atoms with Crippen molar-refractivity contribution in [1.29, 1.82) is 0 Å². The van der Waals surface area contributed by atoms with Gasteiger partial charge in [-0.2, -0.15) is 0 Å². The normalized spacial score (nSPS) is 15.6. The first kappa shape index (κ1) is 24.8. The Morgan fingerprint density at radius 3 is 2.59 bits per heavy atom. The summed E-state index contributed by atoms with van der Waals surface area (Å²) in [7, 11) is 1.68. The van der Waals surface area contributed by atoms with Gasteiger partial charge in [0, 0.05) is 31.2 Å². The minimum absolute atomic E-state index is 0.0184. The van der Waals surface area contributed by atoms with E-state index in [0.29, 0.717) is 18.1 Å². The maximum atomic E-state index is 14.7. The van der Waals surface area contributed by atoms with Crippen LogP contribution >= 0.6 is 0 Å². The monoisotopic (exact) mass is 503 g/mol. The Balaban J connectivity index is 1.32. The van der Waals surface area contributed by atoms with E-state index in [4.69, 9.17) is 4.74 Å². The zero-order valence-corrected chi connectivity index (χ0v) is 20.9. The minimum atomic E-state index is -0.505. The molecule has 192 valence electrons. The number of carbonyl (C=O) groups is 2. The molecule has 37 heavy (non-hydrogen) atoms. The Morgan fingerprint density at radius 1 is 1.08 bits per heavy atom. The number of urea groups is 1. The average Bonchev–Trinajstić information content (AvgIpc) is 3.81. The van der Waals surface area contributed by atoms with Crippen LogP contribution in [0.1, 0.15) is 37.7 Å². The SMILES string of the molecule is COC1(CCNC(=O)Nc2cc(-c3cccc(-c4cc(NC(=O)C5CC5)ncn4)c3)c(C)cc2F)CC1. The molecule has 0 aliphatic heterocycles. The Hall–Kier alpha value is -3.85. The molecule has 2 aliphatic rings. The third-order valence-corrected chi connectivity index (χ3v) is 7.00. The molecule has 9 heteroatoms. The van der Waals surface area contributed by atoms with Crippen LogP contribution in [-0.4, -0.2) is 41.2 Å². The van der Waals surface area contributed by atoms with Crippen molar-refractivity contribution in [2.24, 2.45) is 5.92 Å². The van der Waals surface area contributed by atoms with Crippen molar-refractivity contribution in [2.45, 2.75) is 44.6 Å². The van der Waals surface area contributed by atoms with Crippen molar-refractivity contribution in [3.63, 3.8) is 0 Å². The molecule has 0 unspecified atom stereocenters. The Bertz CT molecular complexity index is 1340. The van der Waals surface area contributed by atoms with Crippen LogP contribution in [0.5, 0.6) is 0 Å². The van der Waals surface area contributed by atoms with Gasteiger partial charge in [0.05, 0.1) is 17.0 Å². The molecular weight excluding hydrogens is 473 g/mol. The van der Waals surface area contributed by atoms with Gasteiger partial charge in [0.15, 0.2) is 0 Å². The number of carbonyl (C=O) groups excluding carboxylic acids is 2. The van der Waals surface area contributed by atoms with Crippen molar-refractivity contribution in [2.75, 3.05) is 24.3 Å². The zero-order chi connectivity index (χ0) is 26.0. The first-order valence-electron chi connectivity index (χ1n) is 12.5. The van der Waals surface area contributed by atoms with Crippen LogP contribution in [0.15, 0.2) is 48.8 Å². The number of benzene rings is 2. The summed E-state index contributed by atoms with van der Waals surface area (Å²) in [6.45, 7) is 2.27. The van der Waals surface area contributed by atoms with Crippen LogP contribution in [0.4, 0.5) is 20.7 Å². The van der Waals surface area contributed by atoms with Crippen molar-refractivity contribution in [3.05, 3.63) is 60.2 Å². The second-order valence-electron chi connectivity index (χ2n) is 9.80. The molecule has 3 aromatic rings. The van der Waals surface area contributed by atoms with Crippen LogP contribution < -0.4 is 16.0 Å². The molecule has 3 amide bonds. The summed E-state index contributed by atoms with van der Waals surface area (Å²) in [5.74, 6) is 0.0132. The number of aromatic nitrogens is 2. The van der Waals surface area contributed by atoms with Gasteiger partial charge < -0.3 is 20.7 Å². The number of anilines is 2. The smallest absolute Gasteiger partial charge is 0.319 e. The molecule has 0 spiro atoms. The molecule has 0 atom stereocenters. The number of methoxy groups -OCH3 is 1. The number of nitrogens with one attached hydrogen (secondary N) is 3. The Kier molecular flexibility index (Phi) is 6.88. The maximum absolute atomic E-state index is 14.7. The van der Waals surface area contributed by atoms with Gasteiger partial charge in [-0.1, -0.05) is 18.2 Å². The molecule has 0 radical (unpaired) electrons. The second-order valence-corrected chi connectivity index (χ2v) is 9.80. The lowest BCUT2D eigenvalue weighted by molar-refractivity contribution is -0.117. The zero-order valence-electron chi connectivity index (χ0n) is 20.9. The largest absolute Gasteiger partial charge is 0.378 e. The fraction of sp³-hybridized carbons (Fsp3) is 0.357. The quantitative estimate of drug-likeness (QED) is 0.368. The highest BCUT2D eigenvalue weighted by Crippen LogP contribution is 2.41. The standard InChI is InChI=1S/C28H30FN5O3/c1-17-12-22(29)24(33-27(36)30-11-10-28(37-2)8-9-28)14-21(17)19-4-3-5-20(13-19)23-15-25(32-16-31-23)34-26(35)18-6-7-18/h3-5,12-16,18H,6-11H2,1-2H3,(H2,30,33,36)(H,31,32,34,35). The summed E-state index contributed by atoms with van der Waals surface area (Å²) in [5.41, 5.74) is 3.82. The van der Waals surface area contributed by atoms with Gasteiger partial charge in [0.1, 0.15) is 18.0 Å². The molecule has 0 bridgehead atoms. The summed E-state index contributed by atoms with van der Waals surface area (Å²) < 4.78 is 20.2. The van der Waals surface area contributed by atoms with Gasteiger partial charge in [-0.25, -0.2) is 19.2 Å². The highest BCUT2D eigenvalue weighted by Gasteiger charge is 2.42. The number of nitrogens with zero attached hydrogens (tertiary/aromatic N) is 2. The van der Waals surface area contributed by atoms with E-state index in [0.717, 1.165) is 54.4 Å². The van der Waals surface area contributed by atoms with E-state index < -0.39 is 11.8 Å². The van der Waals surface area contributed by atoms with Crippen LogP contribution in [-0.2, 0) is 9.53 Å². The number of hydrogen-bond acceptors (Lipinski definition) is 5. The summed E-state index contributed by atoms with van der Waals surface area (Å²) in [5, 5.41) is 8.26. The highest BCUT2D eigenvalue weighted by molar-refractivity contribution is 5.93. The van der Waals surface area contributed by atoms with Crippen molar-refractivity contribution >= 4 is 23.4 Å². The van der Waals surface area contributed by atoms with E-state index in [1.54, 1.807) is 19.2 Å². The molecule has 1 heterocycles. The van der Waals surface area contributed by atoms with Crippen LogP contribution in [0, 0.1) is 18.7 Å². The maximum Gasteiger partial charge on any atom is 0.319 e. The van der Waals surface area contributed by atoms with Gasteiger partial charge in [-0.15, -0.1) is 0 Å². The number of amides is 3. The molecule has 1 aromatic heterocycles. The summed E-state index contributed by atoms with van der Waals surface area (Å²) in [4.78, 5) is 33.1. The first-order valence-corrected chi connectivity index (χ1v) is 12.5. The minimum Gasteiger partial charge on any atom is -0.378 e. The van der Waals surface area contributed by atoms with E-state index in [1.165, 1.54) is 12.4 Å². The highest BCUT2D eigenvalue weighted by atomic mass is 19.1. The fourth-order valence-corrected chi connectivity index (χ4v) is 4.35. The van der Waals surface area contributed by atoms with Crippen molar-refractivity contribution in [3.8, 4) is 22.4 Å². The van der Waals surface area contributed by atoms with E-state index in [9.17, 15) is 14.0 Å². The van der Waals surface area contributed by atoms with Crippen LogP contribution in [0.25, 0.3) is 22.4 Å². The molecular formula is C28H30FN5O3. The molecule has 3 N–H and O–H groups in total. The first-order chi connectivity index (χ1) is 17.9. The molecule has 2 saturated carbocycles. The molecule has 2 aliphatic carbocycles.